The lowest BCUT2D eigenvalue weighted by Crippen LogP contribution is -2.51. The Morgan fingerprint density at radius 3 is 2.33 bits per heavy atom. The summed E-state index contributed by atoms with van der Waals surface area (Å²) in [6.07, 6.45) is 2.21. The van der Waals surface area contributed by atoms with Crippen molar-refractivity contribution in [2.24, 2.45) is 0 Å². The third kappa shape index (κ3) is 3.85. The highest BCUT2D eigenvalue weighted by atomic mass is 32.2. The first-order valence-corrected chi connectivity index (χ1v) is 9.61. The molecule has 0 atom stereocenters. The lowest BCUT2D eigenvalue weighted by Gasteiger charge is -2.33. The standard InChI is InChI=1S/C17H21N3O3S/c21-17(16-7-4-9-18-16)19-10-12-20(13-11-19)24(22,23)14-8-15-5-2-1-3-6-15/h1-7,9,18H,8,10-14H2. The number of nitrogens with one attached hydrogen (secondary N) is 1. The van der Waals surface area contributed by atoms with Crippen LogP contribution in [0.5, 0.6) is 0 Å². The molecule has 1 aromatic heterocycles. The number of amides is 1. The summed E-state index contributed by atoms with van der Waals surface area (Å²) in [6, 6.07) is 13.1. The van der Waals surface area contributed by atoms with E-state index in [0.29, 0.717) is 38.3 Å². The minimum Gasteiger partial charge on any atom is -0.357 e. The van der Waals surface area contributed by atoms with Gasteiger partial charge in [0, 0.05) is 32.4 Å². The second kappa shape index (κ2) is 7.19. The first-order valence-electron chi connectivity index (χ1n) is 8.01. The summed E-state index contributed by atoms with van der Waals surface area (Å²) in [7, 11) is -3.30. The fourth-order valence-corrected chi connectivity index (χ4v) is 4.30. The molecule has 1 aromatic carbocycles. The van der Waals surface area contributed by atoms with Crippen LogP contribution in [0.3, 0.4) is 0 Å². The number of H-pyrrole nitrogens is 1. The zero-order chi connectivity index (χ0) is 17.0. The molecular formula is C17H21N3O3S. The van der Waals surface area contributed by atoms with Gasteiger partial charge in [0.1, 0.15) is 5.69 Å². The van der Waals surface area contributed by atoms with Gasteiger partial charge in [0.15, 0.2) is 0 Å². The van der Waals surface area contributed by atoms with Gasteiger partial charge in [0.2, 0.25) is 10.0 Å². The monoisotopic (exact) mass is 347 g/mol. The molecule has 2 aromatic rings. The highest BCUT2D eigenvalue weighted by Crippen LogP contribution is 2.12. The van der Waals surface area contributed by atoms with Crippen molar-refractivity contribution in [2.45, 2.75) is 6.42 Å². The number of carbonyl (C=O) groups is 1. The summed E-state index contributed by atoms with van der Waals surface area (Å²) >= 11 is 0. The molecule has 2 heterocycles. The summed E-state index contributed by atoms with van der Waals surface area (Å²) < 4.78 is 26.5. The smallest absolute Gasteiger partial charge is 0.270 e. The van der Waals surface area contributed by atoms with Crippen molar-refractivity contribution in [3.8, 4) is 0 Å². The van der Waals surface area contributed by atoms with Gasteiger partial charge in [0.25, 0.3) is 5.91 Å². The summed E-state index contributed by atoms with van der Waals surface area (Å²) in [4.78, 5) is 16.8. The Morgan fingerprint density at radius 1 is 1.00 bits per heavy atom. The number of aryl methyl sites for hydroxylation is 1. The number of nitrogens with zero attached hydrogens (tertiary/aromatic N) is 2. The molecule has 1 aliphatic heterocycles. The molecule has 0 radical (unpaired) electrons. The van der Waals surface area contributed by atoms with Crippen LogP contribution in [-0.4, -0.2) is 60.4 Å². The fraction of sp³-hybridized carbons (Fsp3) is 0.353. The Hall–Kier alpha value is -2.12. The molecule has 1 aliphatic rings. The van der Waals surface area contributed by atoms with E-state index < -0.39 is 10.0 Å². The van der Waals surface area contributed by atoms with Crippen LogP contribution in [-0.2, 0) is 16.4 Å². The van der Waals surface area contributed by atoms with Crippen LogP contribution in [0.1, 0.15) is 16.1 Å². The predicted octanol–water partition coefficient (Wildman–Crippen LogP) is 1.34. The molecule has 7 heteroatoms. The molecule has 0 unspecified atom stereocenters. The molecule has 24 heavy (non-hydrogen) atoms. The van der Waals surface area contributed by atoms with Crippen molar-refractivity contribution in [3.63, 3.8) is 0 Å². The van der Waals surface area contributed by atoms with Gasteiger partial charge in [-0.05, 0) is 24.1 Å². The molecule has 128 valence electrons. The van der Waals surface area contributed by atoms with E-state index >= 15 is 0 Å². The molecule has 0 spiro atoms. The number of hydrogen-bond acceptors (Lipinski definition) is 3. The second-order valence-electron chi connectivity index (χ2n) is 5.83. The number of rotatable bonds is 5. The van der Waals surface area contributed by atoms with Gasteiger partial charge in [0.05, 0.1) is 5.75 Å². The van der Waals surface area contributed by atoms with Gasteiger partial charge in [-0.3, -0.25) is 4.79 Å². The third-order valence-electron chi connectivity index (χ3n) is 4.24. The van der Waals surface area contributed by atoms with Gasteiger partial charge in [-0.1, -0.05) is 30.3 Å². The maximum Gasteiger partial charge on any atom is 0.270 e. The zero-order valence-corrected chi connectivity index (χ0v) is 14.2. The van der Waals surface area contributed by atoms with Crippen LogP contribution in [0.15, 0.2) is 48.7 Å². The van der Waals surface area contributed by atoms with Crippen LogP contribution in [0.2, 0.25) is 0 Å². The van der Waals surface area contributed by atoms with Crippen LogP contribution in [0.4, 0.5) is 0 Å². The lowest BCUT2D eigenvalue weighted by molar-refractivity contribution is 0.0692. The molecule has 0 aliphatic carbocycles. The maximum absolute atomic E-state index is 12.5. The minimum absolute atomic E-state index is 0.0821. The lowest BCUT2D eigenvalue weighted by atomic mass is 10.2. The van der Waals surface area contributed by atoms with Crippen LogP contribution in [0.25, 0.3) is 0 Å². The van der Waals surface area contributed by atoms with Crippen molar-refractivity contribution in [2.75, 3.05) is 31.9 Å². The quantitative estimate of drug-likeness (QED) is 0.887. The van der Waals surface area contributed by atoms with Crippen molar-refractivity contribution in [1.82, 2.24) is 14.2 Å². The molecule has 3 rings (SSSR count). The number of hydrogen-bond donors (Lipinski definition) is 1. The summed E-state index contributed by atoms with van der Waals surface area (Å²) in [5.74, 6) is 0.0167. The number of piperazine rings is 1. The zero-order valence-electron chi connectivity index (χ0n) is 13.4. The highest BCUT2D eigenvalue weighted by Gasteiger charge is 2.29. The van der Waals surface area contributed by atoms with E-state index in [1.165, 1.54) is 4.31 Å². The van der Waals surface area contributed by atoms with Crippen molar-refractivity contribution >= 4 is 15.9 Å². The van der Waals surface area contributed by atoms with E-state index in [0.717, 1.165) is 5.56 Å². The molecule has 1 saturated heterocycles. The summed E-state index contributed by atoms with van der Waals surface area (Å²) in [5.41, 5.74) is 1.55. The Bertz CT molecular complexity index is 765. The molecule has 1 fully saturated rings. The summed E-state index contributed by atoms with van der Waals surface area (Å²) in [6.45, 7) is 1.54. The molecule has 1 N–H and O–H groups in total. The van der Waals surface area contributed by atoms with Crippen molar-refractivity contribution in [1.29, 1.82) is 0 Å². The maximum atomic E-state index is 12.5. The minimum atomic E-state index is -3.30. The summed E-state index contributed by atoms with van der Waals surface area (Å²) in [5, 5.41) is 0. The molecule has 6 nitrogen and oxygen atoms in total. The highest BCUT2D eigenvalue weighted by molar-refractivity contribution is 7.89. The Labute approximate surface area is 142 Å². The van der Waals surface area contributed by atoms with E-state index in [-0.39, 0.29) is 11.7 Å². The number of aromatic nitrogens is 1. The average Bonchev–Trinajstić information content (AvgIpc) is 3.15. The first kappa shape index (κ1) is 16.7. The number of carbonyl (C=O) groups excluding carboxylic acids is 1. The van der Waals surface area contributed by atoms with Crippen LogP contribution in [0, 0.1) is 0 Å². The van der Waals surface area contributed by atoms with Gasteiger partial charge < -0.3 is 9.88 Å². The van der Waals surface area contributed by atoms with E-state index in [9.17, 15) is 13.2 Å². The molecule has 0 saturated carbocycles. The predicted molar refractivity (Wildman–Crippen MR) is 92.2 cm³/mol. The SMILES string of the molecule is O=C(c1ccc[nH]1)N1CCN(S(=O)(=O)CCc2ccccc2)CC1. The largest absolute Gasteiger partial charge is 0.357 e. The first-order chi connectivity index (χ1) is 11.6. The van der Waals surface area contributed by atoms with E-state index in [4.69, 9.17) is 0 Å². The molecule has 1 amide bonds. The number of sulfonamides is 1. The number of aromatic amines is 1. The average molecular weight is 347 g/mol. The van der Waals surface area contributed by atoms with Crippen molar-refractivity contribution < 1.29 is 13.2 Å². The van der Waals surface area contributed by atoms with Crippen LogP contribution >= 0.6 is 0 Å². The van der Waals surface area contributed by atoms with Gasteiger partial charge in [-0.15, -0.1) is 0 Å². The molecular weight excluding hydrogens is 326 g/mol. The van der Waals surface area contributed by atoms with Gasteiger partial charge >= 0.3 is 0 Å². The van der Waals surface area contributed by atoms with Gasteiger partial charge in [-0.25, -0.2) is 8.42 Å². The van der Waals surface area contributed by atoms with E-state index in [1.54, 1.807) is 23.2 Å². The third-order valence-corrected chi connectivity index (χ3v) is 6.11. The number of benzene rings is 1. The Morgan fingerprint density at radius 2 is 1.71 bits per heavy atom. The van der Waals surface area contributed by atoms with E-state index in [2.05, 4.69) is 4.98 Å². The fourth-order valence-electron chi connectivity index (χ4n) is 2.82. The Balaban J connectivity index is 1.54. The van der Waals surface area contributed by atoms with Crippen LogP contribution < -0.4 is 0 Å². The van der Waals surface area contributed by atoms with Crippen molar-refractivity contribution in [3.05, 3.63) is 59.9 Å². The normalized spacial score (nSPS) is 16.2. The Kier molecular flexibility index (Phi) is 5.01. The molecule has 0 bridgehead atoms. The van der Waals surface area contributed by atoms with E-state index in [1.807, 2.05) is 30.3 Å². The topological polar surface area (TPSA) is 73.5 Å². The van der Waals surface area contributed by atoms with Gasteiger partial charge in [-0.2, -0.15) is 4.31 Å². The second-order valence-corrected chi connectivity index (χ2v) is 7.92.